The van der Waals surface area contributed by atoms with Crippen molar-refractivity contribution in [2.75, 3.05) is 0 Å². The molecule has 0 saturated heterocycles. The summed E-state index contributed by atoms with van der Waals surface area (Å²) < 4.78 is 55.2. The minimum atomic E-state index is -4.76. The summed E-state index contributed by atoms with van der Waals surface area (Å²) >= 11 is 0. The molecule has 0 aromatic carbocycles. The van der Waals surface area contributed by atoms with Crippen LogP contribution in [0.1, 0.15) is 33.1 Å². The van der Waals surface area contributed by atoms with Crippen LogP contribution in [-0.2, 0) is 13.6 Å². The van der Waals surface area contributed by atoms with Crippen molar-refractivity contribution in [3.63, 3.8) is 0 Å². The fourth-order valence-electron chi connectivity index (χ4n) is 1.04. The van der Waals surface area contributed by atoms with E-state index >= 15 is 0 Å². The van der Waals surface area contributed by atoms with Crippen LogP contribution in [0.2, 0.25) is 0 Å². The molecule has 8 heteroatoms. The Labute approximate surface area is 92.4 Å². The van der Waals surface area contributed by atoms with E-state index in [9.17, 15) is 17.7 Å². The highest BCUT2D eigenvalue weighted by molar-refractivity contribution is 7.47. The molecule has 3 unspecified atom stereocenters. The van der Waals surface area contributed by atoms with Gasteiger partial charge in [0.1, 0.15) is 0 Å². The number of halogens is 3. The number of hydrogen-bond donors (Lipinski definition) is 1. The zero-order chi connectivity index (χ0) is 12.8. The average molecular weight is 264 g/mol. The molecule has 1 N–H and O–H groups in total. The second-order valence-corrected chi connectivity index (χ2v) is 4.54. The summed E-state index contributed by atoms with van der Waals surface area (Å²) in [5, 5.41) is 0. The smallest absolute Gasteiger partial charge is 0.302 e. The first kappa shape index (κ1) is 15.9. The third-order valence-electron chi connectivity index (χ3n) is 1.78. The fraction of sp³-hybridized carbons (Fsp3) is 1.00. The van der Waals surface area contributed by atoms with E-state index in [4.69, 9.17) is 4.89 Å². The predicted octanol–water partition coefficient (Wildman–Crippen LogP) is 3.26. The first-order valence-corrected chi connectivity index (χ1v) is 6.43. The van der Waals surface area contributed by atoms with Gasteiger partial charge in [-0.25, -0.2) is 22.3 Å². The minimum Gasteiger partial charge on any atom is -0.302 e. The van der Waals surface area contributed by atoms with Gasteiger partial charge in [-0.05, 0) is 12.8 Å². The van der Waals surface area contributed by atoms with Crippen LogP contribution in [0, 0.1) is 0 Å². The SMILES string of the molecule is CCCC(CC)OP(=O)(O)OC(F)C(F)F. The quantitative estimate of drug-likeness (QED) is 0.683. The Hall–Kier alpha value is -0.100. The van der Waals surface area contributed by atoms with Crippen molar-refractivity contribution in [2.45, 2.75) is 52.0 Å². The third-order valence-corrected chi connectivity index (χ3v) is 2.81. The summed E-state index contributed by atoms with van der Waals surface area (Å²) in [6, 6.07) is 0. The molecule has 0 heterocycles. The molecule has 4 nitrogen and oxygen atoms in total. The molecule has 16 heavy (non-hydrogen) atoms. The molecule has 0 amide bonds. The van der Waals surface area contributed by atoms with E-state index in [0.29, 0.717) is 19.3 Å². The van der Waals surface area contributed by atoms with Gasteiger partial charge in [0.15, 0.2) is 0 Å². The lowest BCUT2D eigenvalue weighted by molar-refractivity contribution is -0.0861. The van der Waals surface area contributed by atoms with Crippen molar-refractivity contribution in [3.8, 4) is 0 Å². The lowest BCUT2D eigenvalue weighted by Crippen LogP contribution is -2.18. The van der Waals surface area contributed by atoms with Crippen LogP contribution >= 0.6 is 7.82 Å². The van der Waals surface area contributed by atoms with Crippen molar-refractivity contribution in [1.29, 1.82) is 0 Å². The highest BCUT2D eigenvalue weighted by Gasteiger charge is 2.33. The second-order valence-electron chi connectivity index (χ2n) is 3.18. The molecule has 98 valence electrons. The number of rotatable bonds is 8. The van der Waals surface area contributed by atoms with Gasteiger partial charge in [-0.3, -0.25) is 4.52 Å². The minimum absolute atomic E-state index is 0.410. The summed E-state index contributed by atoms with van der Waals surface area (Å²) in [6.45, 7) is 3.52. The molecule has 0 saturated carbocycles. The Morgan fingerprint density at radius 1 is 1.25 bits per heavy atom. The molecule has 0 aromatic heterocycles. The van der Waals surface area contributed by atoms with Gasteiger partial charge in [0, 0.05) is 0 Å². The molecular formula is C8H16F3O4P. The molecule has 0 fully saturated rings. The molecular weight excluding hydrogens is 248 g/mol. The van der Waals surface area contributed by atoms with Crippen LogP contribution in [0.3, 0.4) is 0 Å². The average Bonchev–Trinajstić information content (AvgIpc) is 2.15. The summed E-state index contributed by atoms with van der Waals surface area (Å²) in [6.07, 6.45) is -5.63. The third kappa shape index (κ3) is 6.48. The zero-order valence-corrected chi connectivity index (χ0v) is 10.0. The van der Waals surface area contributed by atoms with Crippen LogP contribution in [0.5, 0.6) is 0 Å². The Bertz CT molecular complexity index is 239. The van der Waals surface area contributed by atoms with E-state index in [1.165, 1.54) is 0 Å². The summed E-state index contributed by atoms with van der Waals surface area (Å²) in [4.78, 5) is 9.00. The molecule has 0 aromatic rings. The van der Waals surface area contributed by atoms with Crippen molar-refractivity contribution in [2.24, 2.45) is 0 Å². The van der Waals surface area contributed by atoms with Gasteiger partial charge < -0.3 is 4.89 Å². The highest BCUT2D eigenvalue weighted by Crippen LogP contribution is 2.47. The number of hydrogen-bond acceptors (Lipinski definition) is 3. The van der Waals surface area contributed by atoms with Crippen LogP contribution in [0.25, 0.3) is 0 Å². The van der Waals surface area contributed by atoms with Crippen LogP contribution < -0.4 is 0 Å². The van der Waals surface area contributed by atoms with E-state index in [-0.39, 0.29) is 0 Å². The summed E-state index contributed by atoms with van der Waals surface area (Å²) in [7, 11) is -4.76. The molecule has 3 atom stereocenters. The number of phosphoric ester groups is 1. The molecule has 0 bridgehead atoms. The number of phosphoric acid groups is 1. The second kappa shape index (κ2) is 7.27. The van der Waals surface area contributed by atoms with Crippen molar-refractivity contribution in [3.05, 3.63) is 0 Å². The lowest BCUT2D eigenvalue weighted by atomic mass is 10.2. The first-order valence-electron chi connectivity index (χ1n) is 4.94. The molecule has 0 radical (unpaired) electrons. The predicted molar refractivity (Wildman–Crippen MR) is 51.9 cm³/mol. The van der Waals surface area contributed by atoms with Crippen molar-refractivity contribution in [1.82, 2.24) is 0 Å². The maximum absolute atomic E-state index is 12.4. The largest absolute Gasteiger partial charge is 0.475 e. The molecule has 0 aliphatic heterocycles. The Kier molecular flexibility index (Phi) is 7.22. The van der Waals surface area contributed by atoms with Crippen LogP contribution in [0.4, 0.5) is 13.2 Å². The Morgan fingerprint density at radius 2 is 1.81 bits per heavy atom. The molecule has 0 aliphatic carbocycles. The maximum atomic E-state index is 12.4. The van der Waals surface area contributed by atoms with E-state index in [2.05, 4.69) is 9.05 Å². The molecule has 0 rings (SSSR count). The van der Waals surface area contributed by atoms with Gasteiger partial charge in [0.05, 0.1) is 6.10 Å². The summed E-state index contributed by atoms with van der Waals surface area (Å²) in [5.41, 5.74) is 0. The van der Waals surface area contributed by atoms with Gasteiger partial charge in [-0.2, -0.15) is 0 Å². The zero-order valence-electron chi connectivity index (χ0n) is 9.11. The number of alkyl halides is 3. The lowest BCUT2D eigenvalue weighted by Gasteiger charge is -2.20. The summed E-state index contributed by atoms with van der Waals surface area (Å²) in [5.74, 6) is 0. The van der Waals surface area contributed by atoms with E-state index < -0.39 is 26.7 Å². The first-order chi connectivity index (χ1) is 7.32. The van der Waals surface area contributed by atoms with Gasteiger partial charge >= 0.3 is 7.82 Å². The van der Waals surface area contributed by atoms with Gasteiger partial charge in [0.2, 0.25) is 0 Å². The Balaban J connectivity index is 4.26. The fourth-order valence-corrected chi connectivity index (χ4v) is 2.07. The standard InChI is InChI=1S/C8H16F3O4P/c1-3-5-6(4-2)14-16(12,13)15-8(11)7(9)10/h6-8H,3-5H2,1-2H3,(H,12,13). The van der Waals surface area contributed by atoms with Crippen LogP contribution in [0.15, 0.2) is 0 Å². The molecule has 0 aliphatic rings. The highest BCUT2D eigenvalue weighted by atomic mass is 31.2. The van der Waals surface area contributed by atoms with E-state index in [0.717, 1.165) is 0 Å². The maximum Gasteiger partial charge on any atom is 0.475 e. The van der Waals surface area contributed by atoms with Crippen molar-refractivity contribution >= 4 is 7.82 Å². The normalized spacial score (nSPS) is 19.4. The van der Waals surface area contributed by atoms with E-state index in [1.54, 1.807) is 6.92 Å². The topological polar surface area (TPSA) is 55.8 Å². The monoisotopic (exact) mass is 264 g/mol. The Morgan fingerprint density at radius 3 is 2.19 bits per heavy atom. The van der Waals surface area contributed by atoms with E-state index in [1.807, 2.05) is 6.92 Å². The van der Waals surface area contributed by atoms with Gasteiger partial charge in [0.25, 0.3) is 12.8 Å². The molecule has 0 spiro atoms. The van der Waals surface area contributed by atoms with Crippen molar-refractivity contribution < 1.29 is 31.7 Å². The van der Waals surface area contributed by atoms with Gasteiger partial charge in [-0.15, -0.1) is 0 Å². The van der Waals surface area contributed by atoms with Gasteiger partial charge in [-0.1, -0.05) is 20.3 Å². The van der Waals surface area contributed by atoms with Crippen LogP contribution in [-0.4, -0.2) is 23.8 Å².